The molecule has 23 heavy (non-hydrogen) atoms. The second-order valence-corrected chi connectivity index (χ2v) is 4.83. The van der Waals surface area contributed by atoms with Gasteiger partial charge in [-0.05, 0) is 24.6 Å². The van der Waals surface area contributed by atoms with Gasteiger partial charge < -0.3 is 10.3 Å². The Kier molecular flexibility index (Phi) is 6.53. The van der Waals surface area contributed by atoms with Crippen LogP contribution < -0.4 is 5.32 Å². The third-order valence-corrected chi connectivity index (χ3v) is 3.13. The predicted molar refractivity (Wildman–Crippen MR) is 92.7 cm³/mol. The molecule has 5 nitrogen and oxygen atoms in total. The van der Waals surface area contributed by atoms with E-state index in [0.29, 0.717) is 0 Å². The number of benzene rings is 1. The summed E-state index contributed by atoms with van der Waals surface area (Å²) in [7, 11) is 0. The van der Waals surface area contributed by atoms with E-state index in [1.54, 1.807) is 18.5 Å². The summed E-state index contributed by atoms with van der Waals surface area (Å²) in [5.74, 6) is 1.02. The monoisotopic (exact) mass is 308 g/mol. The lowest BCUT2D eigenvalue weighted by molar-refractivity contribution is -0.119. The average Bonchev–Trinajstić information content (AvgIpc) is 3.29. The van der Waals surface area contributed by atoms with Crippen LogP contribution in [0.15, 0.2) is 61.6 Å². The topological polar surface area (TPSA) is 70.7 Å². The number of nitrogens with one attached hydrogen (secondary N) is 2. The molecule has 1 aliphatic rings. The molecule has 4 rings (SSSR count). The minimum absolute atomic E-state index is 0.204. The van der Waals surface area contributed by atoms with Crippen molar-refractivity contribution in [1.82, 2.24) is 20.3 Å². The molecule has 0 unspecified atom stereocenters. The van der Waals surface area contributed by atoms with Crippen LogP contribution in [0.3, 0.4) is 0 Å². The molecule has 0 aliphatic carbocycles. The highest BCUT2D eigenvalue weighted by Crippen LogP contribution is 2.07. The van der Waals surface area contributed by atoms with Crippen molar-refractivity contribution >= 4 is 22.9 Å². The van der Waals surface area contributed by atoms with Gasteiger partial charge in [-0.2, -0.15) is 0 Å². The number of hydrogen-bond donors (Lipinski definition) is 2. The van der Waals surface area contributed by atoms with Crippen LogP contribution >= 0.6 is 0 Å². The minimum Gasteiger partial charge on any atom is -0.356 e. The number of para-hydroxylation sites is 1. The van der Waals surface area contributed by atoms with E-state index in [1.165, 1.54) is 5.39 Å². The molecule has 1 aliphatic heterocycles. The number of aromatic amines is 1. The SMILES string of the molecule is C=Cc1ncc[nH]1.O=C1CCCN1.c1ccc2ncccc2c1. The van der Waals surface area contributed by atoms with E-state index in [0.717, 1.165) is 30.7 Å². The Labute approximate surface area is 135 Å². The minimum atomic E-state index is 0.204. The lowest BCUT2D eigenvalue weighted by atomic mass is 10.2. The van der Waals surface area contributed by atoms with Crippen molar-refractivity contribution < 1.29 is 4.79 Å². The maximum Gasteiger partial charge on any atom is 0.220 e. The van der Waals surface area contributed by atoms with Crippen molar-refractivity contribution in [2.24, 2.45) is 0 Å². The molecule has 0 bridgehead atoms. The molecule has 2 aromatic heterocycles. The second kappa shape index (κ2) is 9.15. The largest absolute Gasteiger partial charge is 0.356 e. The van der Waals surface area contributed by atoms with Crippen LogP contribution in [-0.2, 0) is 4.79 Å². The highest BCUT2D eigenvalue weighted by atomic mass is 16.1. The number of carbonyl (C=O) groups excluding carboxylic acids is 1. The lowest BCUT2D eigenvalue weighted by Crippen LogP contribution is -2.12. The summed E-state index contributed by atoms with van der Waals surface area (Å²) in [4.78, 5) is 21.0. The van der Waals surface area contributed by atoms with Crippen molar-refractivity contribution in [3.8, 4) is 0 Å². The van der Waals surface area contributed by atoms with E-state index < -0.39 is 0 Å². The number of hydrogen-bond acceptors (Lipinski definition) is 3. The van der Waals surface area contributed by atoms with Gasteiger partial charge in [-0.25, -0.2) is 4.98 Å². The van der Waals surface area contributed by atoms with Crippen LogP contribution in [0.25, 0.3) is 17.0 Å². The van der Waals surface area contributed by atoms with E-state index in [9.17, 15) is 4.79 Å². The average molecular weight is 308 g/mol. The van der Waals surface area contributed by atoms with Gasteiger partial charge in [0, 0.05) is 36.9 Å². The molecule has 0 spiro atoms. The zero-order valence-electron chi connectivity index (χ0n) is 12.9. The molecule has 1 aromatic carbocycles. The fourth-order valence-corrected chi connectivity index (χ4v) is 1.97. The number of H-pyrrole nitrogens is 1. The summed E-state index contributed by atoms with van der Waals surface area (Å²) in [6.07, 6.45) is 8.69. The van der Waals surface area contributed by atoms with Crippen LogP contribution in [-0.4, -0.2) is 27.4 Å². The zero-order valence-corrected chi connectivity index (χ0v) is 12.9. The van der Waals surface area contributed by atoms with Crippen molar-refractivity contribution in [1.29, 1.82) is 0 Å². The lowest BCUT2D eigenvalue weighted by Gasteiger charge is -1.91. The van der Waals surface area contributed by atoms with Gasteiger partial charge in [0.2, 0.25) is 5.91 Å². The molecule has 3 heterocycles. The Bertz CT molecular complexity index is 664. The molecule has 5 heteroatoms. The number of nitrogens with zero attached hydrogens (tertiary/aromatic N) is 2. The van der Waals surface area contributed by atoms with E-state index in [-0.39, 0.29) is 5.91 Å². The second-order valence-electron chi connectivity index (χ2n) is 4.83. The number of rotatable bonds is 1. The Morgan fingerprint density at radius 1 is 1.09 bits per heavy atom. The van der Waals surface area contributed by atoms with Crippen molar-refractivity contribution in [3.63, 3.8) is 0 Å². The summed E-state index contributed by atoms with van der Waals surface area (Å²) < 4.78 is 0. The number of carbonyl (C=O) groups is 1. The van der Waals surface area contributed by atoms with Gasteiger partial charge in [0.1, 0.15) is 5.82 Å². The van der Waals surface area contributed by atoms with Crippen LogP contribution in [0.2, 0.25) is 0 Å². The number of aromatic nitrogens is 3. The molecule has 0 atom stereocenters. The Hall–Kier alpha value is -2.95. The van der Waals surface area contributed by atoms with Crippen LogP contribution in [0, 0.1) is 0 Å². The summed E-state index contributed by atoms with van der Waals surface area (Å²) in [5, 5.41) is 3.88. The smallest absolute Gasteiger partial charge is 0.220 e. The van der Waals surface area contributed by atoms with Crippen LogP contribution in [0.5, 0.6) is 0 Å². The van der Waals surface area contributed by atoms with Gasteiger partial charge in [-0.3, -0.25) is 9.78 Å². The Morgan fingerprint density at radius 3 is 2.43 bits per heavy atom. The normalized spacial score (nSPS) is 12.4. The fraction of sp³-hybridized carbons (Fsp3) is 0.167. The van der Waals surface area contributed by atoms with Gasteiger partial charge in [0.15, 0.2) is 0 Å². The fourth-order valence-electron chi connectivity index (χ4n) is 1.97. The van der Waals surface area contributed by atoms with E-state index in [2.05, 4.69) is 39.0 Å². The molecule has 0 saturated carbocycles. The van der Waals surface area contributed by atoms with Gasteiger partial charge >= 0.3 is 0 Å². The summed E-state index contributed by atoms with van der Waals surface area (Å²) in [6, 6.07) is 12.1. The highest BCUT2D eigenvalue weighted by Gasteiger charge is 2.05. The molecule has 2 N–H and O–H groups in total. The van der Waals surface area contributed by atoms with Crippen LogP contribution in [0.1, 0.15) is 18.7 Å². The van der Waals surface area contributed by atoms with E-state index in [1.807, 2.05) is 30.5 Å². The van der Waals surface area contributed by atoms with Crippen molar-refractivity contribution in [2.75, 3.05) is 6.54 Å². The molecular formula is C18H20N4O. The standard InChI is InChI=1S/C9H7N.C5H6N2.C4H7NO/c1-2-6-9-8(4-1)5-3-7-10-9;1-2-5-6-3-4-7-5;6-4-2-1-3-5-4/h1-7H;2-4H,1H2,(H,6,7);1-3H2,(H,5,6). The maximum absolute atomic E-state index is 10.1. The highest BCUT2D eigenvalue weighted by molar-refractivity contribution is 5.78. The zero-order chi connectivity index (χ0) is 16.3. The summed E-state index contributed by atoms with van der Waals surface area (Å²) in [6.45, 7) is 4.40. The maximum atomic E-state index is 10.1. The van der Waals surface area contributed by atoms with Gasteiger partial charge in [-0.1, -0.05) is 30.8 Å². The summed E-state index contributed by atoms with van der Waals surface area (Å²) >= 11 is 0. The van der Waals surface area contributed by atoms with Crippen molar-refractivity contribution in [2.45, 2.75) is 12.8 Å². The van der Waals surface area contributed by atoms with E-state index >= 15 is 0 Å². The van der Waals surface area contributed by atoms with Gasteiger partial charge in [0.05, 0.1) is 5.52 Å². The quantitative estimate of drug-likeness (QED) is 0.725. The third kappa shape index (κ3) is 5.74. The third-order valence-electron chi connectivity index (χ3n) is 3.13. The number of pyridine rings is 1. The first kappa shape index (κ1) is 16.4. The van der Waals surface area contributed by atoms with Crippen LogP contribution in [0.4, 0.5) is 0 Å². The number of amides is 1. The van der Waals surface area contributed by atoms with Gasteiger partial charge in [0.25, 0.3) is 0 Å². The Morgan fingerprint density at radius 2 is 1.91 bits per heavy atom. The first-order valence-corrected chi connectivity index (χ1v) is 7.48. The first-order valence-electron chi connectivity index (χ1n) is 7.48. The molecule has 1 amide bonds. The predicted octanol–water partition coefficient (Wildman–Crippen LogP) is 3.18. The summed E-state index contributed by atoms with van der Waals surface area (Å²) in [5.41, 5.74) is 1.06. The number of fused-ring (bicyclic) bond motifs is 1. The molecular weight excluding hydrogens is 288 g/mol. The molecule has 1 saturated heterocycles. The molecule has 118 valence electrons. The van der Waals surface area contributed by atoms with Crippen molar-refractivity contribution in [3.05, 3.63) is 67.4 Å². The molecule has 1 fully saturated rings. The molecule has 0 radical (unpaired) electrons. The van der Waals surface area contributed by atoms with E-state index in [4.69, 9.17) is 0 Å². The Balaban J connectivity index is 0.000000131. The number of imidazole rings is 1. The first-order chi connectivity index (χ1) is 11.3. The van der Waals surface area contributed by atoms with Gasteiger partial charge in [-0.15, -0.1) is 0 Å². The molecule has 3 aromatic rings.